The van der Waals surface area contributed by atoms with Crippen molar-refractivity contribution in [1.29, 1.82) is 0 Å². The van der Waals surface area contributed by atoms with E-state index in [1.165, 1.54) is 7.11 Å². The molecule has 1 amide bonds. The number of carbonyl (C=O) groups is 1. The van der Waals surface area contributed by atoms with Crippen LogP contribution < -0.4 is 5.43 Å². The molecule has 0 aliphatic carbocycles. The largest absolute Gasteiger partial charge is 0.452 e. The van der Waals surface area contributed by atoms with Crippen LogP contribution in [0, 0.1) is 0 Å². The zero-order valence-electron chi connectivity index (χ0n) is 7.89. The topological polar surface area (TPSA) is 50.7 Å². The minimum atomic E-state index is -0.522. The number of nitrogens with zero attached hydrogens (tertiary/aromatic N) is 1. The highest BCUT2D eigenvalue weighted by atomic mass is 16.5. The molecule has 0 bridgehead atoms. The van der Waals surface area contributed by atoms with Gasteiger partial charge in [0.15, 0.2) is 0 Å². The standard InChI is InChI=1S/C8H16N2O2/c1-4-5-6-7(2)9-10-8(11)12-3/h4-6H2,1-3H3,(H,10,11)/b9-7+. The van der Waals surface area contributed by atoms with Crippen molar-refractivity contribution in [3.05, 3.63) is 0 Å². The number of unbranched alkanes of at least 4 members (excludes halogenated alkanes) is 1. The first-order valence-corrected chi connectivity index (χ1v) is 4.07. The molecule has 0 aliphatic heterocycles. The first-order chi connectivity index (χ1) is 5.70. The third-order valence-electron chi connectivity index (χ3n) is 1.42. The van der Waals surface area contributed by atoms with Gasteiger partial charge in [0.2, 0.25) is 0 Å². The lowest BCUT2D eigenvalue weighted by Gasteiger charge is -1.99. The second-order valence-corrected chi connectivity index (χ2v) is 2.55. The van der Waals surface area contributed by atoms with E-state index < -0.39 is 6.09 Å². The van der Waals surface area contributed by atoms with Crippen molar-refractivity contribution in [1.82, 2.24) is 5.43 Å². The highest BCUT2D eigenvalue weighted by Crippen LogP contribution is 1.95. The summed E-state index contributed by atoms with van der Waals surface area (Å²) in [6, 6.07) is 0. The Kier molecular flexibility index (Phi) is 6.05. The number of hydrogen-bond acceptors (Lipinski definition) is 3. The Balaban J connectivity index is 3.60. The van der Waals surface area contributed by atoms with Gasteiger partial charge in [0.25, 0.3) is 0 Å². The number of amides is 1. The van der Waals surface area contributed by atoms with Crippen molar-refractivity contribution >= 4 is 11.8 Å². The predicted molar refractivity (Wildman–Crippen MR) is 48.2 cm³/mol. The molecule has 0 aromatic carbocycles. The van der Waals surface area contributed by atoms with Crippen LogP contribution >= 0.6 is 0 Å². The zero-order chi connectivity index (χ0) is 9.40. The fourth-order valence-corrected chi connectivity index (χ4v) is 0.675. The molecule has 0 radical (unpaired) electrons. The van der Waals surface area contributed by atoms with Crippen molar-refractivity contribution < 1.29 is 9.53 Å². The van der Waals surface area contributed by atoms with Crippen LogP contribution in [0.1, 0.15) is 33.1 Å². The Morgan fingerprint density at radius 1 is 1.58 bits per heavy atom. The fraction of sp³-hybridized carbons (Fsp3) is 0.750. The summed E-state index contributed by atoms with van der Waals surface area (Å²) in [7, 11) is 1.31. The molecule has 0 aromatic heterocycles. The third-order valence-corrected chi connectivity index (χ3v) is 1.42. The lowest BCUT2D eigenvalue weighted by Crippen LogP contribution is -2.18. The minimum absolute atomic E-state index is 0.522. The van der Waals surface area contributed by atoms with Gasteiger partial charge in [-0.1, -0.05) is 13.3 Å². The van der Waals surface area contributed by atoms with Crippen LogP contribution in [-0.2, 0) is 4.74 Å². The molecule has 0 unspecified atom stereocenters. The van der Waals surface area contributed by atoms with Crippen molar-refractivity contribution in [2.75, 3.05) is 7.11 Å². The number of hydrogen-bond donors (Lipinski definition) is 1. The molecule has 0 heterocycles. The first-order valence-electron chi connectivity index (χ1n) is 4.07. The molecule has 0 saturated heterocycles. The normalized spacial score (nSPS) is 11.1. The Bertz CT molecular complexity index is 166. The van der Waals surface area contributed by atoms with Crippen LogP contribution in [0.25, 0.3) is 0 Å². The lowest BCUT2D eigenvalue weighted by molar-refractivity contribution is 0.171. The number of nitrogens with one attached hydrogen (secondary N) is 1. The van der Waals surface area contributed by atoms with Gasteiger partial charge in [0.1, 0.15) is 0 Å². The van der Waals surface area contributed by atoms with E-state index in [1.54, 1.807) is 0 Å². The maximum Gasteiger partial charge on any atom is 0.427 e. The summed E-state index contributed by atoms with van der Waals surface area (Å²) in [6.45, 7) is 3.99. The van der Waals surface area contributed by atoms with E-state index in [1.807, 2.05) is 6.92 Å². The molecule has 4 nitrogen and oxygen atoms in total. The van der Waals surface area contributed by atoms with Crippen LogP contribution in [0.3, 0.4) is 0 Å². The second-order valence-electron chi connectivity index (χ2n) is 2.55. The second kappa shape index (κ2) is 6.64. The number of carbonyl (C=O) groups excluding carboxylic acids is 1. The SMILES string of the molecule is CCCC/C(C)=N/NC(=O)OC. The Labute approximate surface area is 73.0 Å². The van der Waals surface area contributed by atoms with Gasteiger partial charge >= 0.3 is 6.09 Å². The minimum Gasteiger partial charge on any atom is -0.452 e. The molecular formula is C8H16N2O2. The summed E-state index contributed by atoms with van der Waals surface area (Å²) >= 11 is 0. The summed E-state index contributed by atoms with van der Waals surface area (Å²) < 4.78 is 4.35. The van der Waals surface area contributed by atoms with Gasteiger partial charge in [-0.2, -0.15) is 5.10 Å². The molecule has 0 fully saturated rings. The Morgan fingerprint density at radius 2 is 2.25 bits per heavy atom. The smallest absolute Gasteiger partial charge is 0.427 e. The number of hydrazone groups is 1. The molecule has 0 atom stereocenters. The van der Waals surface area contributed by atoms with Crippen LogP contribution in [-0.4, -0.2) is 18.9 Å². The van der Waals surface area contributed by atoms with E-state index >= 15 is 0 Å². The van der Waals surface area contributed by atoms with Crippen molar-refractivity contribution in [3.63, 3.8) is 0 Å². The van der Waals surface area contributed by atoms with Gasteiger partial charge < -0.3 is 4.74 Å². The van der Waals surface area contributed by atoms with Gasteiger partial charge in [-0.15, -0.1) is 0 Å². The van der Waals surface area contributed by atoms with Crippen molar-refractivity contribution in [2.45, 2.75) is 33.1 Å². The quantitative estimate of drug-likeness (QED) is 0.520. The molecule has 70 valence electrons. The van der Waals surface area contributed by atoms with Crippen molar-refractivity contribution in [3.8, 4) is 0 Å². The van der Waals surface area contributed by atoms with Crippen LogP contribution in [0.4, 0.5) is 4.79 Å². The van der Waals surface area contributed by atoms with Crippen LogP contribution in [0.15, 0.2) is 5.10 Å². The Hall–Kier alpha value is -1.06. The summed E-state index contributed by atoms with van der Waals surface area (Å²) in [4.78, 5) is 10.5. The number of rotatable bonds is 4. The van der Waals surface area contributed by atoms with Gasteiger partial charge in [-0.05, 0) is 19.8 Å². The van der Waals surface area contributed by atoms with E-state index in [0.29, 0.717) is 0 Å². The van der Waals surface area contributed by atoms with Gasteiger partial charge in [0, 0.05) is 5.71 Å². The van der Waals surface area contributed by atoms with Crippen molar-refractivity contribution in [2.24, 2.45) is 5.10 Å². The van der Waals surface area contributed by atoms with E-state index in [4.69, 9.17) is 0 Å². The lowest BCUT2D eigenvalue weighted by atomic mass is 10.2. The molecule has 4 heteroatoms. The zero-order valence-corrected chi connectivity index (χ0v) is 7.89. The highest BCUT2D eigenvalue weighted by molar-refractivity contribution is 5.83. The fourth-order valence-electron chi connectivity index (χ4n) is 0.675. The summed E-state index contributed by atoms with van der Waals surface area (Å²) in [5, 5.41) is 3.82. The first kappa shape index (κ1) is 10.9. The molecule has 0 saturated carbocycles. The average Bonchev–Trinajstić information content (AvgIpc) is 2.10. The molecule has 12 heavy (non-hydrogen) atoms. The monoisotopic (exact) mass is 172 g/mol. The predicted octanol–water partition coefficient (Wildman–Crippen LogP) is 1.91. The molecule has 1 N–H and O–H groups in total. The van der Waals surface area contributed by atoms with Gasteiger partial charge in [-0.25, -0.2) is 10.2 Å². The van der Waals surface area contributed by atoms with E-state index in [2.05, 4.69) is 22.2 Å². The van der Waals surface area contributed by atoms with E-state index in [-0.39, 0.29) is 0 Å². The van der Waals surface area contributed by atoms with Crippen LogP contribution in [0.5, 0.6) is 0 Å². The van der Waals surface area contributed by atoms with Gasteiger partial charge in [0.05, 0.1) is 7.11 Å². The summed E-state index contributed by atoms with van der Waals surface area (Å²) in [5.74, 6) is 0. The molecule has 0 rings (SSSR count). The molecule has 0 spiro atoms. The maximum absolute atomic E-state index is 10.5. The van der Waals surface area contributed by atoms with E-state index in [9.17, 15) is 4.79 Å². The third kappa shape index (κ3) is 5.70. The maximum atomic E-state index is 10.5. The summed E-state index contributed by atoms with van der Waals surface area (Å²) in [6.07, 6.45) is 2.62. The van der Waals surface area contributed by atoms with Gasteiger partial charge in [-0.3, -0.25) is 0 Å². The molecule has 0 aliphatic rings. The molecular weight excluding hydrogens is 156 g/mol. The van der Waals surface area contributed by atoms with E-state index in [0.717, 1.165) is 25.0 Å². The number of methoxy groups -OCH3 is 1. The Morgan fingerprint density at radius 3 is 2.75 bits per heavy atom. The summed E-state index contributed by atoms with van der Waals surface area (Å²) in [5.41, 5.74) is 3.19. The highest BCUT2D eigenvalue weighted by Gasteiger charge is 1.95. The molecule has 0 aromatic rings. The van der Waals surface area contributed by atoms with Crippen LogP contribution in [0.2, 0.25) is 0 Å². The average molecular weight is 172 g/mol. The number of ether oxygens (including phenoxy) is 1.